The summed E-state index contributed by atoms with van der Waals surface area (Å²) in [5, 5.41) is 5.75. The molecule has 0 bridgehead atoms. The maximum Gasteiger partial charge on any atom is 0.330 e. The van der Waals surface area contributed by atoms with Crippen molar-refractivity contribution in [3.05, 3.63) is 48.4 Å². The summed E-state index contributed by atoms with van der Waals surface area (Å²) in [5.74, 6) is 2.45. The number of piperidine rings is 1. The molecule has 0 saturated carbocycles. The molecule has 0 radical (unpaired) electrons. The van der Waals surface area contributed by atoms with Crippen LogP contribution in [0.4, 0.5) is 16.3 Å². The predicted molar refractivity (Wildman–Crippen MR) is 112 cm³/mol. The van der Waals surface area contributed by atoms with Crippen molar-refractivity contribution < 1.29 is 14.4 Å². The van der Waals surface area contributed by atoms with Gasteiger partial charge in [0.25, 0.3) is 5.91 Å². The summed E-state index contributed by atoms with van der Waals surface area (Å²) in [5.41, 5.74) is 1.04. The largest absolute Gasteiger partial charge is 0.388 e. The van der Waals surface area contributed by atoms with Gasteiger partial charge >= 0.3 is 6.03 Å². The van der Waals surface area contributed by atoms with Crippen LogP contribution in [-0.2, 0) is 9.59 Å². The number of imide groups is 1. The quantitative estimate of drug-likeness (QED) is 0.451. The molecule has 1 aromatic carbocycles. The summed E-state index contributed by atoms with van der Waals surface area (Å²) in [6, 6.07) is 7.25. The van der Waals surface area contributed by atoms with E-state index in [1.54, 1.807) is 4.90 Å². The molecule has 154 valence electrons. The van der Waals surface area contributed by atoms with Gasteiger partial charge in [-0.1, -0.05) is 12.0 Å². The van der Waals surface area contributed by atoms with Crippen LogP contribution in [0.2, 0.25) is 0 Å². The molecule has 2 aliphatic heterocycles. The lowest BCUT2D eigenvalue weighted by Crippen LogP contribution is -2.54. The number of nitrogens with zero attached hydrogens (tertiary/aromatic N) is 4. The zero-order valence-electron chi connectivity index (χ0n) is 16.5. The first-order chi connectivity index (χ1) is 14.5. The van der Waals surface area contributed by atoms with Gasteiger partial charge in [0.05, 0.1) is 6.20 Å². The number of hydrogen-bond acceptors (Lipinski definition) is 6. The summed E-state index contributed by atoms with van der Waals surface area (Å²) in [4.78, 5) is 45.8. The van der Waals surface area contributed by atoms with E-state index < -0.39 is 11.6 Å². The molecule has 9 heteroatoms. The van der Waals surface area contributed by atoms with E-state index in [-0.39, 0.29) is 11.7 Å². The van der Waals surface area contributed by atoms with Crippen molar-refractivity contribution in [2.75, 3.05) is 30.4 Å². The Morgan fingerprint density at radius 3 is 2.63 bits per heavy atom. The normalized spacial score (nSPS) is 16.9. The standard InChI is InChI=1S/C12H13N5O3.C9H9N/c18-8-16-5-1-12(2-6-16)10(19)17(11(20)15-12)9-7-13-3-4-14-9;1-3-8-5-4-6-9(7-8)10-2/h3-4,7-8H,1-2,5-6H2,(H,15,20);1,4-7,10H,2H3. The summed E-state index contributed by atoms with van der Waals surface area (Å²) in [6.45, 7) is 0.896. The molecule has 0 unspecified atom stereocenters. The SMILES string of the molecule is C#Cc1cccc(NC)c1.O=CN1CCC2(CC1)NC(=O)N(c1cnccn1)C2=O. The molecule has 3 heterocycles. The maximum absolute atomic E-state index is 12.6. The van der Waals surface area contributed by atoms with Gasteiger partial charge in [0.15, 0.2) is 5.82 Å². The molecular formula is C21H22N6O3. The highest BCUT2D eigenvalue weighted by molar-refractivity contribution is 6.22. The second kappa shape index (κ2) is 9.05. The zero-order valence-corrected chi connectivity index (χ0v) is 16.5. The van der Waals surface area contributed by atoms with Crippen LogP contribution in [-0.4, -0.2) is 58.9 Å². The summed E-state index contributed by atoms with van der Waals surface area (Å²) >= 11 is 0. The van der Waals surface area contributed by atoms with Crippen molar-refractivity contribution in [2.45, 2.75) is 18.4 Å². The predicted octanol–water partition coefficient (Wildman–Crippen LogP) is 1.23. The number of benzene rings is 1. The van der Waals surface area contributed by atoms with E-state index in [1.807, 2.05) is 31.3 Å². The van der Waals surface area contributed by atoms with Crippen molar-refractivity contribution in [1.29, 1.82) is 0 Å². The minimum atomic E-state index is -0.923. The fourth-order valence-electron chi connectivity index (χ4n) is 3.35. The lowest BCUT2D eigenvalue weighted by Gasteiger charge is -2.35. The van der Waals surface area contributed by atoms with Crippen molar-refractivity contribution in [3.8, 4) is 12.3 Å². The third kappa shape index (κ3) is 4.22. The minimum absolute atomic E-state index is 0.213. The van der Waals surface area contributed by atoms with E-state index in [9.17, 15) is 14.4 Å². The Bertz CT molecular complexity index is 964. The second-order valence-corrected chi connectivity index (χ2v) is 6.83. The molecule has 2 fully saturated rings. The molecule has 2 aromatic rings. The average Bonchev–Trinajstić information content (AvgIpc) is 3.04. The molecule has 2 N–H and O–H groups in total. The van der Waals surface area contributed by atoms with Crippen molar-refractivity contribution in [1.82, 2.24) is 20.2 Å². The Morgan fingerprint density at radius 1 is 1.27 bits per heavy atom. The summed E-state index contributed by atoms with van der Waals surface area (Å²) in [7, 11) is 1.87. The Kier molecular flexibility index (Phi) is 6.27. The van der Waals surface area contributed by atoms with Crippen molar-refractivity contribution in [2.24, 2.45) is 0 Å². The number of carbonyl (C=O) groups is 3. The number of urea groups is 1. The Hall–Kier alpha value is -3.93. The van der Waals surface area contributed by atoms with E-state index in [4.69, 9.17) is 6.42 Å². The third-order valence-electron chi connectivity index (χ3n) is 5.06. The molecule has 0 atom stereocenters. The fraction of sp³-hybridized carbons (Fsp3) is 0.286. The fourth-order valence-corrected chi connectivity index (χ4v) is 3.35. The highest BCUT2D eigenvalue weighted by Gasteiger charge is 2.53. The van der Waals surface area contributed by atoms with Crippen LogP contribution in [0.1, 0.15) is 18.4 Å². The number of hydrogen-bond donors (Lipinski definition) is 2. The number of likely N-dealkylation sites (tertiary alicyclic amines) is 1. The summed E-state index contributed by atoms with van der Waals surface area (Å²) < 4.78 is 0. The molecule has 30 heavy (non-hydrogen) atoms. The van der Waals surface area contributed by atoms with Crippen LogP contribution in [0.15, 0.2) is 42.9 Å². The Balaban J connectivity index is 0.000000216. The molecule has 1 aromatic heterocycles. The first kappa shape index (κ1) is 20.8. The van der Waals surface area contributed by atoms with E-state index in [0.29, 0.717) is 25.9 Å². The minimum Gasteiger partial charge on any atom is -0.388 e. The number of nitrogens with one attached hydrogen (secondary N) is 2. The lowest BCUT2D eigenvalue weighted by molar-refractivity contribution is -0.127. The Labute approximate surface area is 174 Å². The van der Waals surface area contributed by atoms with Crippen LogP contribution >= 0.6 is 0 Å². The van der Waals surface area contributed by atoms with Crippen molar-refractivity contribution >= 4 is 29.9 Å². The molecule has 0 aliphatic carbocycles. The lowest BCUT2D eigenvalue weighted by atomic mass is 9.87. The van der Waals surface area contributed by atoms with Gasteiger partial charge in [-0.3, -0.25) is 14.6 Å². The molecule has 1 spiro atoms. The highest BCUT2D eigenvalue weighted by Crippen LogP contribution is 2.31. The van der Waals surface area contributed by atoms with Gasteiger partial charge in [0.1, 0.15) is 5.54 Å². The molecule has 4 rings (SSSR count). The van der Waals surface area contributed by atoms with Crippen LogP contribution in [0.25, 0.3) is 0 Å². The smallest absolute Gasteiger partial charge is 0.330 e. The van der Waals surface area contributed by atoms with Gasteiger partial charge in [0, 0.05) is 43.8 Å². The summed E-state index contributed by atoms with van der Waals surface area (Å²) in [6.07, 6.45) is 11.0. The number of amides is 4. The molecule has 2 aliphatic rings. The second-order valence-electron chi connectivity index (χ2n) is 6.83. The number of carbonyl (C=O) groups excluding carboxylic acids is 3. The van der Waals surface area contributed by atoms with Crippen LogP contribution in [0.5, 0.6) is 0 Å². The molecule has 2 saturated heterocycles. The number of aromatic nitrogens is 2. The number of terminal acetylenes is 1. The maximum atomic E-state index is 12.6. The van der Waals surface area contributed by atoms with Gasteiger partial charge in [-0.2, -0.15) is 0 Å². The van der Waals surface area contributed by atoms with Gasteiger partial charge in [-0.25, -0.2) is 14.7 Å². The van der Waals surface area contributed by atoms with Gasteiger partial charge in [-0.15, -0.1) is 6.42 Å². The number of anilines is 2. The van der Waals surface area contributed by atoms with E-state index in [0.717, 1.165) is 22.6 Å². The van der Waals surface area contributed by atoms with Gasteiger partial charge in [-0.05, 0) is 31.0 Å². The van der Waals surface area contributed by atoms with E-state index >= 15 is 0 Å². The Morgan fingerprint density at radius 2 is 2.03 bits per heavy atom. The number of rotatable bonds is 3. The van der Waals surface area contributed by atoms with Gasteiger partial charge in [0.2, 0.25) is 6.41 Å². The first-order valence-corrected chi connectivity index (χ1v) is 9.39. The van der Waals surface area contributed by atoms with Crippen LogP contribution < -0.4 is 15.5 Å². The average molecular weight is 406 g/mol. The highest BCUT2D eigenvalue weighted by atomic mass is 16.2. The van der Waals surface area contributed by atoms with Gasteiger partial charge < -0.3 is 15.5 Å². The van der Waals surface area contributed by atoms with Crippen LogP contribution in [0.3, 0.4) is 0 Å². The first-order valence-electron chi connectivity index (χ1n) is 9.39. The van der Waals surface area contributed by atoms with Crippen LogP contribution in [0, 0.1) is 12.3 Å². The zero-order chi connectivity index (χ0) is 21.6. The topological polar surface area (TPSA) is 108 Å². The van der Waals surface area contributed by atoms with E-state index in [1.165, 1.54) is 18.6 Å². The monoisotopic (exact) mass is 406 g/mol. The van der Waals surface area contributed by atoms with E-state index in [2.05, 4.69) is 26.5 Å². The molecule has 9 nitrogen and oxygen atoms in total. The molecular weight excluding hydrogens is 384 g/mol. The van der Waals surface area contributed by atoms with Crippen molar-refractivity contribution in [3.63, 3.8) is 0 Å². The molecule has 4 amide bonds. The third-order valence-corrected chi connectivity index (χ3v) is 5.06.